The molecule has 0 radical (unpaired) electrons. The normalized spacial score (nSPS) is 22.0. The van der Waals surface area contributed by atoms with Gasteiger partial charge in [-0.15, -0.1) is 0 Å². The molecule has 0 spiro atoms. The van der Waals surface area contributed by atoms with Crippen molar-refractivity contribution in [1.82, 2.24) is 19.7 Å². The number of likely N-dealkylation sites (tertiary alicyclic amines) is 1. The Balaban J connectivity index is 1.63. The van der Waals surface area contributed by atoms with Crippen molar-refractivity contribution in [2.24, 2.45) is 0 Å². The maximum absolute atomic E-state index is 9.98. The molecule has 6 nitrogen and oxygen atoms in total. The van der Waals surface area contributed by atoms with Crippen LogP contribution in [0, 0.1) is 0 Å². The Morgan fingerprint density at radius 2 is 1.88 bits per heavy atom. The van der Waals surface area contributed by atoms with Gasteiger partial charge in [-0.1, -0.05) is 12.8 Å². The molecule has 1 aromatic carbocycles. The van der Waals surface area contributed by atoms with Gasteiger partial charge in [0, 0.05) is 12.5 Å². The first kappa shape index (κ1) is 17.5. The summed E-state index contributed by atoms with van der Waals surface area (Å²) < 4.78 is 7.25. The minimum absolute atomic E-state index is 0.226. The lowest BCUT2D eigenvalue weighted by Crippen LogP contribution is -2.38. The van der Waals surface area contributed by atoms with Gasteiger partial charge < -0.3 is 9.84 Å². The standard InChI is InChI=1S/C20H28N4O2/c1-26-18-10-8-16(9-11-18)24-19(14-23-12-4-7-17(25)13-23)21-20(22-24)15-5-2-3-6-15/h8-11,15,17,25H,2-7,12-14H2,1H3. The smallest absolute Gasteiger partial charge is 0.154 e. The molecule has 140 valence electrons. The lowest BCUT2D eigenvalue weighted by atomic mass is 10.1. The number of hydrogen-bond acceptors (Lipinski definition) is 5. The number of hydrogen-bond donors (Lipinski definition) is 1. The van der Waals surface area contributed by atoms with Gasteiger partial charge in [-0.25, -0.2) is 9.67 Å². The van der Waals surface area contributed by atoms with E-state index in [1.807, 2.05) is 28.9 Å². The minimum Gasteiger partial charge on any atom is -0.497 e. The van der Waals surface area contributed by atoms with E-state index in [-0.39, 0.29) is 6.10 Å². The van der Waals surface area contributed by atoms with Crippen molar-refractivity contribution in [2.75, 3.05) is 20.2 Å². The highest BCUT2D eigenvalue weighted by atomic mass is 16.5. The molecule has 1 aliphatic carbocycles. The van der Waals surface area contributed by atoms with Gasteiger partial charge in [0.2, 0.25) is 0 Å². The molecule has 1 saturated carbocycles. The Bertz CT molecular complexity index is 722. The van der Waals surface area contributed by atoms with Gasteiger partial charge in [0.05, 0.1) is 25.4 Å². The number of rotatable bonds is 5. The van der Waals surface area contributed by atoms with Crippen LogP contribution >= 0.6 is 0 Å². The van der Waals surface area contributed by atoms with Crippen LogP contribution in [-0.4, -0.2) is 51.1 Å². The minimum atomic E-state index is -0.226. The quantitative estimate of drug-likeness (QED) is 0.892. The molecular formula is C20H28N4O2. The van der Waals surface area contributed by atoms with E-state index in [2.05, 4.69) is 4.90 Å². The summed E-state index contributed by atoms with van der Waals surface area (Å²) in [4.78, 5) is 7.22. The van der Waals surface area contributed by atoms with E-state index >= 15 is 0 Å². The molecule has 6 heteroatoms. The molecule has 1 aliphatic heterocycles. The van der Waals surface area contributed by atoms with Crippen molar-refractivity contribution in [3.05, 3.63) is 35.9 Å². The van der Waals surface area contributed by atoms with Crippen LogP contribution in [0.25, 0.3) is 5.69 Å². The number of aliphatic hydroxyl groups is 1. The van der Waals surface area contributed by atoms with Gasteiger partial charge in [-0.05, 0) is 56.5 Å². The molecular weight excluding hydrogens is 328 g/mol. The van der Waals surface area contributed by atoms with Crippen LogP contribution in [0.1, 0.15) is 56.1 Å². The van der Waals surface area contributed by atoms with Crippen molar-refractivity contribution in [3.63, 3.8) is 0 Å². The number of β-amino-alcohol motifs (C(OH)–C–C–N with tert-alkyl or cyclic N) is 1. The molecule has 1 atom stereocenters. The van der Waals surface area contributed by atoms with Gasteiger partial charge in [-0.2, -0.15) is 5.10 Å². The summed E-state index contributed by atoms with van der Waals surface area (Å²) in [6, 6.07) is 7.97. The highest BCUT2D eigenvalue weighted by Gasteiger charge is 2.25. The third kappa shape index (κ3) is 3.76. The topological polar surface area (TPSA) is 63.4 Å². The fraction of sp³-hybridized carbons (Fsp3) is 0.600. The summed E-state index contributed by atoms with van der Waals surface area (Å²) in [6.45, 7) is 2.45. The van der Waals surface area contributed by atoms with Crippen LogP contribution in [0.2, 0.25) is 0 Å². The van der Waals surface area contributed by atoms with Crippen LogP contribution in [0.5, 0.6) is 5.75 Å². The van der Waals surface area contributed by atoms with Crippen LogP contribution < -0.4 is 4.74 Å². The molecule has 2 aromatic rings. The Kier molecular flexibility index (Phi) is 5.22. The molecule has 2 fully saturated rings. The van der Waals surface area contributed by atoms with Crippen LogP contribution in [0.15, 0.2) is 24.3 Å². The zero-order chi connectivity index (χ0) is 17.9. The fourth-order valence-corrected chi connectivity index (χ4v) is 4.13. The van der Waals surface area contributed by atoms with Crippen LogP contribution in [0.3, 0.4) is 0 Å². The van der Waals surface area contributed by atoms with Crippen LogP contribution in [-0.2, 0) is 6.54 Å². The summed E-state index contributed by atoms with van der Waals surface area (Å²) in [5.74, 6) is 3.27. The second-order valence-electron chi connectivity index (χ2n) is 7.51. The highest BCUT2D eigenvalue weighted by molar-refractivity contribution is 5.37. The van der Waals surface area contributed by atoms with E-state index in [1.54, 1.807) is 7.11 Å². The Morgan fingerprint density at radius 3 is 2.58 bits per heavy atom. The Hall–Kier alpha value is -1.92. The summed E-state index contributed by atoms with van der Waals surface area (Å²) >= 11 is 0. The number of aliphatic hydroxyl groups excluding tert-OH is 1. The molecule has 0 amide bonds. The summed E-state index contributed by atoms with van der Waals surface area (Å²) in [5, 5.41) is 14.9. The monoisotopic (exact) mass is 356 g/mol. The van der Waals surface area contributed by atoms with E-state index in [4.69, 9.17) is 14.8 Å². The van der Waals surface area contributed by atoms with Crippen molar-refractivity contribution in [2.45, 2.75) is 57.1 Å². The number of methoxy groups -OCH3 is 1. The molecule has 26 heavy (non-hydrogen) atoms. The second-order valence-corrected chi connectivity index (χ2v) is 7.51. The molecule has 1 saturated heterocycles. The number of piperidine rings is 1. The highest BCUT2D eigenvalue weighted by Crippen LogP contribution is 2.33. The van der Waals surface area contributed by atoms with Gasteiger partial charge in [0.25, 0.3) is 0 Å². The number of ether oxygens (including phenoxy) is 1. The summed E-state index contributed by atoms with van der Waals surface area (Å²) in [7, 11) is 1.68. The third-order valence-electron chi connectivity index (χ3n) is 5.57. The molecule has 1 N–H and O–H groups in total. The lowest BCUT2D eigenvalue weighted by Gasteiger charge is -2.29. The van der Waals surface area contributed by atoms with E-state index in [1.165, 1.54) is 25.7 Å². The molecule has 2 heterocycles. The molecule has 1 unspecified atom stereocenters. The summed E-state index contributed by atoms with van der Waals surface area (Å²) in [5.41, 5.74) is 1.01. The van der Waals surface area contributed by atoms with Crippen molar-refractivity contribution >= 4 is 0 Å². The van der Waals surface area contributed by atoms with Crippen molar-refractivity contribution in [1.29, 1.82) is 0 Å². The Labute approximate surface area is 154 Å². The van der Waals surface area contributed by atoms with E-state index in [9.17, 15) is 5.11 Å². The first-order valence-corrected chi connectivity index (χ1v) is 9.73. The summed E-state index contributed by atoms with van der Waals surface area (Å²) in [6.07, 6.45) is 6.63. The van der Waals surface area contributed by atoms with E-state index < -0.39 is 0 Å². The average molecular weight is 356 g/mol. The fourth-order valence-electron chi connectivity index (χ4n) is 4.13. The largest absolute Gasteiger partial charge is 0.497 e. The SMILES string of the molecule is COc1ccc(-n2nc(C3CCCC3)nc2CN2CCCC(O)C2)cc1. The Morgan fingerprint density at radius 1 is 1.12 bits per heavy atom. The maximum Gasteiger partial charge on any atom is 0.154 e. The van der Waals surface area contributed by atoms with E-state index in [0.717, 1.165) is 49.0 Å². The van der Waals surface area contributed by atoms with Crippen molar-refractivity contribution < 1.29 is 9.84 Å². The second kappa shape index (κ2) is 7.76. The van der Waals surface area contributed by atoms with Crippen LogP contribution in [0.4, 0.5) is 0 Å². The first-order valence-electron chi connectivity index (χ1n) is 9.73. The van der Waals surface area contributed by atoms with Gasteiger partial charge >= 0.3 is 0 Å². The number of aromatic nitrogens is 3. The van der Waals surface area contributed by atoms with Crippen molar-refractivity contribution in [3.8, 4) is 11.4 Å². The predicted molar refractivity (Wildman–Crippen MR) is 99.6 cm³/mol. The molecule has 2 aliphatic rings. The number of nitrogens with zero attached hydrogens (tertiary/aromatic N) is 4. The third-order valence-corrected chi connectivity index (χ3v) is 5.57. The lowest BCUT2D eigenvalue weighted by molar-refractivity contribution is 0.0651. The average Bonchev–Trinajstić information content (AvgIpc) is 3.32. The van der Waals surface area contributed by atoms with Gasteiger partial charge in [0.15, 0.2) is 5.82 Å². The predicted octanol–water partition coefficient (Wildman–Crippen LogP) is 2.89. The molecule has 0 bridgehead atoms. The van der Waals surface area contributed by atoms with Gasteiger partial charge in [0.1, 0.15) is 11.6 Å². The molecule has 1 aromatic heterocycles. The van der Waals surface area contributed by atoms with Gasteiger partial charge in [-0.3, -0.25) is 4.90 Å². The zero-order valence-electron chi connectivity index (χ0n) is 15.5. The number of benzene rings is 1. The first-order chi connectivity index (χ1) is 12.7. The maximum atomic E-state index is 9.98. The zero-order valence-corrected chi connectivity index (χ0v) is 15.5. The van der Waals surface area contributed by atoms with E-state index in [0.29, 0.717) is 12.5 Å². The molecule has 4 rings (SSSR count).